The molecular formula is C21H19BrN2O3. The fraction of sp³-hybridized carbons (Fsp3) is 0.143. The molecule has 3 rings (SSSR count). The number of ether oxygens (including phenoxy) is 1. The van der Waals surface area contributed by atoms with Crippen LogP contribution in [0.4, 0.5) is 11.4 Å². The van der Waals surface area contributed by atoms with Gasteiger partial charge in [0, 0.05) is 28.8 Å². The quantitative estimate of drug-likeness (QED) is 0.379. The molecule has 0 heterocycles. The number of benzene rings is 3. The number of nitrogens with zero attached hydrogens (tertiary/aromatic N) is 1. The van der Waals surface area contributed by atoms with Gasteiger partial charge >= 0.3 is 0 Å². The van der Waals surface area contributed by atoms with Crippen LogP contribution in [0.5, 0.6) is 5.75 Å². The number of aryl methyl sites for hydroxylation is 1. The van der Waals surface area contributed by atoms with E-state index in [0.717, 1.165) is 33.6 Å². The van der Waals surface area contributed by atoms with Crippen LogP contribution in [0.2, 0.25) is 0 Å². The van der Waals surface area contributed by atoms with Crippen molar-refractivity contribution in [3.05, 3.63) is 98.0 Å². The molecule has 5 nitrogen and oxygen atoms in total. The Bertz CT molecular complexity index is 925. The van der Waals surface area contributed by atoms with Crippen molar-refractivity contribution in [3.8, 4) is 5.75 Å². The minimum atomic E-state index is -0.410. The predicted octanol–water partition coefficient (Wildman–Crippen LogP) is 5.86. The summed E-state index contributed by atoms with van der Waals surface area (Å²) in [5.41, 5.74) is 4.41. The Morgan fingerprint density at radius 3 is 2.30 bits per heavy atom. The molecule has 1 N–H and O–H groups in total. The van der Waals surface area contributed by atoms with Gasteiger partial charge in [0.2, 0.25) is 0 Å². The van der Waals surface area contributed by atoms with E-state index in [1.165, 1.54) is 17.7 Å². The molecule has 0 saturated carbocycles. The molecule has 0 unspecified atom stereocenters. The highest BCUT2D eigenvalue weighted by atomic mass is 79.9. The molecule has 0 aliphatic carbocycles. The first-order valence-electron chi connectivity index (χ1n) is 8.46. The van der Waals surface area contributed by atoms with Crippen LogP contribution < -0.4 is 10.1 Å². The molecule has 0 radical (unpaired) electrons. The number of hydrogen-bond acceptors (Lipinski definition) is 4. The van der Waals surface area contributed by atoms with E-state index in [4.69, 9.17) is 4.74 Å². The second-order valence-corrected chi connectivity index (χ2v) is 7.08. The summed E-state index contributed by atoms with van der Waals surface area (Å²) >= 11 is 3.47. The van der Waals surface area contributed by atoms with Crippen LogP contribution >= 0.6 is 15.9 Å². The number of rotatable bonds is 7. The van der Waals surface area contributed by atoms with Gasteiger partial charge in [0.05, 0.1) is 4.92 Å². The van der Waals surface area contributed by atoms with Gasteiger partial charge in [-0.3, -0.25) is 10.1 Å². The van der Waals surface area contributed by atoms with Crippen molar-refractivity contribution in [2.45, 2.75) is 20.1 Å². The van der Waals surface area contributed by atoms with Crippen LogP contribution in [0.15, 0.2) is 71.2 Å². The molecule has 0 aromatic heterocycles. The van der Waals surface area contributed by atoms with Crippen LogP contribution in [-0.2, 0) is 13.2 Å². The van der Waals surface area contributed by atoms with Gasteiger partial charge in [-0.05, 0) is 66.1 Å². The Kier molecular flexibility index (Phi) is 6.08. The summed E-state index contributed by atoms with van der Waals surface area (Å²) < 4.78 is 6.82. The van der Waals surface area contributed by atoms with Crippen LogP contribution in [0, 0.1) is 17.0 Å². The smallest absolute Gasteiger partial charge is 0.269 e. The first kappa shape index (κ1) is 18.9. The maximum absolute atomic E-state index is 10.7. The van der Waals surface area contributed by atoms with E-state index in [9.17, 15) is 10.1 Å². The van der Waals surface area contributed by atoms with Gasteiger partial charge in [0.25, 0.3) is 5.69 Å². The number of anilines is 1. The molecule has 0 atom stereocenters. The average molecular weight is 427 g/mol. The van der Waals surface area contributed by atoms with Crippen molar-refractivity contribution in [1.82, 2.24) is 0 Å². The first-order valence-corrected chi connectivity index (χ1v) is 9.25. The number of nitrogens with one attached hydrogen (secondary N) is 1. The van der Waals surface area contributed by atoms with E-state index < -0.39 is 4.92 Å². The number of nitro groups is 1. The van der Waals surface area contributed by atoms with Crippen LogP contribution in [-0.4, -0.2) is 4.92 Å². The highest BCUT2D eigenvalue weighted by Gasteiger charge is 2.04. The summed E-state index contributed by atoms with van der Waals surface area (Å²) in [6.45, 7) is 3.17. The lowest BCUT2D eigenvalue weighted by atomic mass is 10.1. The third-order valence-electron chi connectivity index (χ3n) is 4.15. The van der Waals surface area contributed by atoms with Gasteiger partial charge in [-0.2, -0.15) is 0 Å². The normalized spacial score (nSPS) is 10.4. The minimum absolute atomic E-state index is 0.0802. The lowest BCUT2D eigenvalue weighted by Crippen LogP contribution is -2.01. The van der Waals surface area contributed by atoms with Gasteiger partial charge in [0.1, 0.15) is 12.4 Å². The fourth-order valence-corrected chi connectivity index (χ4v) is 3.08. The zero-order chi connectivity index (χ0) is 19.2. The van der Waals surface area contributed by atoms with Gasteiger partial charge in [-0.15, -0.1) is 0 Å². The summed E-state index contributed by atoms with van der Waals surface area (Å²) in [6, 6.07) is 20.4. The molecule has 0 bridgehead atoms. The van der Waals surface area contributed by atoms with E-state index in [1.54, 1.807) is 12.1 Å². The minimum Gasteiger partial charge on any atom is -0.489 e. The van der Waals surface area contributed by atoms with Crippen molar-refractivity contribution in [1.29, 1.82) is 0 Å². The molecule has 0 aliphatic rings. The number of halogens is 1. The number of nitro benzene ring substituents is 1. The zero-order valence-electron chi connectivity index (χ0n) is 14.8. The number of non-ortho nitro benzene ring substituents is 1. The van der Waals surface area contributed by atoms with Gasteiger partial charge in [-0.25, -0.2) is 0 Å². The van der Waals surface area contributed by atoms with Crippen molar-refractivity contribution in [2.75, 3.05) is 5.32 Å². The zero-order valence-corrected chi connectivity index (χ0v) is 16.4. The van der Waals surface area contributed by atoms with Crippen molar-refractivity contribution >= 4 is 27.3 Å². The molecular weight excluding hydrogens is 408 g/mol. The Morgan fingerprint density at radius 1 is 1.00 bits per heavy atom. The molecule has 0 saturated heterocycles. The van der Waals surface area contributed by atoms with Crippen LogP contribution in [0.25, 0.3) is 0 Å². The van der Waals surface area contributed by atoms with Crippen molar-refractivity contribution < 1.29 is 9.66 Å². The first-order chi connectivity index (χ1) is 13.0. The van der Waals surface area contributed by atoms with E-state index in [1.807, 2.05) is 30.3 Å². The fourth-order valence-electron chi connectivity index (χ4n) is 2.61. The maximum Gasteiger partial charge on any atom is 0.269 e. The van der Waals surface area contributed by atoms with E-state index in [0.29, 0.717) is 6.61 Å². The Balaban J connectivity index is 1.53. The number of hydrogen-bond donors (Lipinski definition) is 1. The van der Waals surface area contributed by atoms with E-state index in [2.05, 4.69) is 40.3 Å². The lowest BCUT2D eigenvalue weighted by molar-refractivity contribution is -0.384. The largest absolute Gasteiger partial charge is 0.489 e. The Hall–Kier alpha value is -2.86. The Morgan fingerprint density at radius 2 is 1.67 bits per heavy atom. The maximum atomic E-state index is 10.7. The van der Waals surface area contributed by atoms with Gasteiger partial charge < -0.3 is 10.1 Å². The molecule has 0 spiro atoms. The Labute approximate surface area is 166 Å². The predicted molar refractivity (Wildman–Crippen MR) is 110 cm³/mol. The highest BCUT2D eigenvalue weighted by molar-refractivity contribution is 9.10. The molecule has 0 amide bonds. The second-order valence-electron chi connectivity index (χ2n) is 6.17. The lowest BCUT2D eigenvalue weighted by Gasteiger charge is -2.11. The third kappa shape index (κ3) is 5.31. The van der Waals surface area contributed by atoms with Crippen molar-refractivity contribution in [2.24, 2.45) is 0 Å². The standard InChI is InChI=1S/C21H19BrN2O3/c1-15-12-18(22)6-11-21(15)23-13-16-4-9-20(10-5-16)27-14-17-2-7-19(8-3-17)24(25)26/h2-12,23H,13-14H2,1H3. The summed E-state index contributed by atoms with van der Waals surface area (Å²) in [5.74, 6) is 0.761. The summed E-state index contributed by atoms with van der Waals surface area (Å²) in [7, 11) is 0. The molecule has 27 heavy (non-hydrogen) atoms. The third-order valence-corrected chi connectivity index (χ3v) is 4.64. The molecule has 138 valence electrons. The van der Waals surface area contributed by atoms with E-state index in [-0.39, 0.29) is 5.69 Å². The van der Waals surface area contributed by atoms with Gasteiger partial charge in [-0.1, -0.05) is 28.1 Å². The highest BCUT2D eigenvalue weighted by Crippen LogP contribution is 2.21. The molecule has 0 aliphatic heterocycles. The summed E-state index contributed by atoms with van der Waals surface area (Å²) in [6.07, 6.45) is 0. The van der Waals surface area contributed by atoms with E-state index >= 15 is 0 Å². The summed E-state index contributed by atoms with van der Waals surface area (Å²) in [4.78, 5) is 10.3. The van der Waals surface area contributed by atoms with Crippen molar-refractivity contribution in [3.63, 3.8) is 0 Å². The van der Waals surface area contributed by atoms with Crippen LogP contribution in [0.1, 0.15) is 16.7 Å². The molecule has 6 heteroatoms. The molecule has 3 aromatic carbocycles. The molecule has 0 fully saturated rings. The molecule has 3 aromatic rings. The SMILES string of the molecule is Cc1cc(Br)ccc1NCc1ccc(OCc2ccc([N+](=O)[O-])cc2)cc1. The van der Waals surface area contributed by atoms with Crippen LogP contribution in [0.3, 0.4) is 0 Å². The summed E-state index contributed by atoms with van der Waals surface area (Å²) in [5, 5.41) is 14.1. The monoisotopic (exact) mass is 426 g/mol. The second kappa shape index (κ2) is 8.68. The van der Waals surface area contributed by atoms with Gasteiger partial charge in [0.15, 0.2) is 0 Å². The average Bonchev–Trinajstić information content (AvgIpc) is 2.67. The topological polar surface area (TPSA) is 64.4 Å².